The fraction of sp³-hybridized carbons (Fsp3) is 0.200. The SMILES string of the molecule is O=C(CC1=NCCO1)c1cccc2ccccc12. The third-order valence-electron chi connectivity index (χ3n) is 3.05. The van der Waals surface area contributed by atoms with Gasteiger partial charge in [-0.3, -0.25) is 9.79 Å². The molecule has 0 atom stereocenters. The summed E-state index contributed by atoms with van der Waals surface area (Å²) in [6.07, 6.45) is 0.258. The predicted octanol–water partition coefficient (Wildman–Crippen LogP) is 2.84. The molecule has 18 heavy (non-hydrogen) atoms. The van der Waals surface area contributed by atoms with Gasteiger partial charge in [0.25, 0.3) is 0 Å². The number of fused-ring (bicyclic) bond motifs is 1. The summed E-state index contributed by atoms with van der Waals surface area (Å²) in [4.78, 5) is 16.4. The van der Waals surface area contributed by atoms with E-state index in [-0.39, 0.29) is 12.2 Å². The van der Waals surface area contributed by atoms with Gasteiger partial charge in [-0.15, -0.1) is 0 Å². The summed E-state index contributed by atoms with van der Waals surface area (Å²) in [6, 6.07) is 13.7. The van der Waals surface area contributed by atoms with Crippen molar-refractivity contribution in [2.24, 2.45) is 4.99 Å². The van der Waals surface area contributed by atoms with Crippen molar-refractivity contribution in [2.75, 3.05) is 13.2 Å². The first-order valence-corrected chi connectivity index (χ1v) is 6.02. The molecule has 0 unspecified atom stereocenters. The van der Waals surface area contributed by atoms with Crippen LogP contribution in [0.4, 0.5) is 0 Å². The van der Waals surface area contributed by atoms with Crippen LogP contribution in [-0.2, 0) is 4.74 Å². The normalized spacial score (nSPS) is 14.3. The number of ether oxygens (including phenoxy) is 1. The first-order chi connectivity index (χ1) is 8.84. The van der Waals surface area contributed by atoms with E-state index in [4.69, 9.17) is 4.74 Å². The lowest BCUT2D eigenvalue weighted by Gasteiger charge is -2.05. The largest absolute Gasteiger partial charge is 0.479 e. The van der Waals surface area contributed by atoms with E-state index in [1.54, 1.807) is 0 Å². The zero-order chi connectivity index (χ0) is 12.4. The maximum absolute atomic E-state index is 12.3. The molecule has 2 aromatic carbocycles. The molecule has 3 nitrogen and oxygen atoms in total. The minimum Gasteiger partial charge on any atom is -0.479 e. The van der Waals surface area contributed by atoms with Gasteiger partial charge < -0.3 is 4.74 Å². The molecule has 0 radical (unpaired) electrons. The number of benzene rings is 2. The Kier molecular flexibility index (Phi) is 2.81. The van der Waals surface area contributed by atoms with E-state index >= 15 is 0 Å². The lowest BCUT2D eigenvalue weighted by atomic mass is 10.00. The van der Waals surface area contributed by atoms with E-state index in [9.17, 15) is 4.79 Å². The van der Waals surface area contributed by atoms with Crippen molar-refractivity contribution in [2.45, 2.75) is 6.42 Å². The number of carbonyl (C=O) groups is 1. The second-order valence-electron chi connectivity index (χ2n) is 4.25. The molecule has 0 N–H and O–H groups in total. The second-order valence-corrected chi connectivity index (χ2v) is 4.25. The first kappa shape index (κ1) is 11.0. The fourth-order valence-electron chi connectivity index (χ4n) is 2.19. The molecule has 0 fully saturated rings. The van der Waals surface area contributed by atoms with Gasteiger partial charge in [0.05, 0.1) is 13.0 Å². The van der Waals surface area contributed by atoms with Crippen LogP contribution in [-0.4, -0.2) is 24.8 Å². The molecule has 1 aliphatic heterocycles. The summed E-state index contributed by atoms with van der Waals surface area (Å²) < 4.78 is 5.29. The van der Waals surface area contributed by atoms with Crippen LogP contribution in [0.1, 0.15) is 16.8 Å². The molecule has 1 aliphatic rings. The molecule has 0 saturated carbocycles. The minimum absolute atomic E-state index is 0.0625. The number of aliphatic imine (C=N–C) groups is 1. The van der Waals surface area contributed by atoms with E-state index < -0.39 is 0 Å². The summed E-state index contributed by atoms with van der Waals surface area (Å²) in [6.45, 7) is 1.26. The van der Waals surface area contributed by atoms with Crippen molar-refractivity contribution in [3.63, 3.8) is 0 Å². The molecule has 0 amide bonds. The zero-order valence-electron chi connectivity index (χ0n) is 9.93. The van der Waals surface area contributed by atoms with Gasteiger partial charge in [0.2, 0.25) is 0 Å². The average molecular weight is 239 g/mol. The highest BCUT2D eigenvalue weighted by Gasteiger charge is 2.16. The third kappa shape index (κ3) is 1.99. The standard InChI is InChI=1S/C15H13NO2/c17-14(10-15-16-8-9-18-15)13-7-3-5-11-4-1-2-6-12(11)13/h1-7H,8-10H2. The highest BCUT2D eigenvalue weighted by Crippen LogP contribution is 2.20. The Balaban J connectivity index is 1.96. The fourth-order valence-corrected chi connectivity index (χ4v) is 2.19. The topological polar surface area (TPSA) is 38.7 Å². The van der Waals surface area contributed by atoms with Crippen LogP contribution in [0.15, 0.2) is 47.5 Å². The van der Waals surface area contributed by atoms with E-state index in [2.05, 4.69) is 4.99 Å². The monoisotopic (exact) mass is 239 g/mol. The van der Waals surface area contributed by atoms with Gasteiger partial charge in [0, 0.05) is 5.56 Å². The highest BCUT2D eigenvalue weighted by molar-refractivity contribution is 6.14. The number of hydrogen-bond acceptors (Lipinski definition) is 3. The summed E-state index contributed by atoms with van der Waals surface area (Å²) >= 11 is 0. The maximum Gasteiger partial charge on any atom is 0.191 e. The van der Waals surface area contributed by atoms with Crippen LogP contribution in [0, 0.1) is 0 Å². The molecular formula is C15H13NO2. The quantitative estimate of drug-likeness (QED) is 0.772. The molecule has 1 heterocycles. The number of rotatable bonds is 3. The minimum atomic E-state index is 0.0625. The van der Waals surface area contributed by atoms with E-state index in [0.29, 0.717) is 19.0 Å². The average Bonchev–Trinajstić information content (AvgIpc) is 2.91. The molecule has 90 valence electrons. The van der Waals surface area contributed by atoms with Gasteiger partial charge in [-0.2, -0.15) is 0 Å². The summed E-state index contributed by atoms with van der Waals surface area (Å²) in [5.74, 6) is 0.625. The van der Waals surface area contributed by atoms with Crippen molar-refractivity contribution >= 4 is 22.5 Å². The molecule has 3 heteroatoms. The summed E-state index contributed by atoms with van der Waals surface area (Å²) in [7, 11) is 0. The van der Waals surface area contributed by atoms with Crippen LogP contribution in [0.5, 0.6) is 0 Å². The number of nitrogens with zero attached hydrogens (tertiary/aromatic N) is 1. The van der Waals surface area contributed by atoms with Gasteiger partial charge in [0.15, 0.2) is 11.7 Å². The van der Waals surface area contributed by atoms with Gasteiger partial charge >= 0.3 is 0 Å². The van der Waals surface area contributed by atoms with Crippen molar-refractivity contribution < 1.29 is 9.53 Å². The number of ketones is 1. The molecule has 0 spiro atoms. The van der Waals surface area contributed by atoms with Gasteiger partial charge in [-0.05, 0) is 10.8 Å². The smallest absolute Gasteiger partial charge is 0.191 e. The molecule has 2 aromatic rings. The van der Waals surface area contributed by atoms with Crippen LogP contribution in [0.2, 0.25) is 0 Å². The predicted molar refractivity (Wildman–Crippen MR) is 71.1 cm³/mol. The zero-order valence-corrected chi connectivity index (χ0v) is 9.93. The van der Waals surface area contributed by atoms with Crippen LogP contribution in [0.25, 0.3) is 10.8 Å². The van der Waals surface area contributed by atoms with Gasteiger partial charge in [-0.1, -0.05) is 42.5 Å². The molecule has 0 bridgehead atoms. The summed E-state index contributed by atoms with van der Waals surface area (Å²) in [5.41, 5.74) is 0.742. The lowest BCUT2D eigenvalue weighted by molar-refractivity contribution is 0.0996. The van der Waals surface area contributed by atoms with Gasteiger partial charge in [0.1, 0.15) is 6.61 Å². The Bertz CT molecular complexity index is 626. The first-order valence-electron chi connectivity index (χ1n) is 6.02. The number of carbonyl (C=O) groups excluding carboxylic acids is 1. The highest BCUT2D eigenvalue weighted by atomic mass is 16.5. The van der Waals surface area contributed by atoms with Crippen LogP contribution >= 0.6 is 0 Å². The van der Waals surface area contributed by atoms with Crippen LogP contribution < -0.4 is 0 Å². The molecular weight excluding hydrogens is 226 g/mol. The van der Waals surface area contributed by atoms with E-state index in [1.807, 2.05) is 42.5 Å². The van der Waals surface area contributed by atoms with E-state index in [1.165, 1.54) is 0 Å². The van der Waals surface area contributed by atoms with E-state index in [0.717, 1.165) is 16.3 Å². The number of hydrogen-bond donors (Lipinski definition) is 0. The Morgan fingerprint density at radius 2 is 2.00 bits per heavy atom. The molecule has 3 rings (SSSR count). The molecule has 0 aliphatic carbocycles. The lowest BCUT2D eigenvalue weighted by Crippen LogP contribution is -2.09. The maximum atomic E-state index is 12.3. The van der Waals surface area contributed by atoms with Crippen molar-refractivity contribution in [3.05, 3.63) is 48.0 Å². The van der Waals surface area contributed by atoms with Crippen molar-refractivity contribution in [1.82, 2.24) is 0 Å². The molecule has 0 aromatic heterocycles. The van der Waals surface area contributed by atoms with Crippen molar-refractivity contribution in [1.29, 1.82) is 0 Å². The number of Topliss-reactive ketones (excluding diaryl/α,β-unsaturated/α-hetero) is 1. The van der Waals surface area contributed by atoms with Crippen LogP contribution in [0.3, 0.4) is 0 Å². The molecule has 0 saturated heterocycles. The summed E-state index contributed by atoms with van der Waals surface area (Å²) in [5, 5.41) is 2.07. The Morgan fingerprint density at radius 3 is 2.83 bits per heavy atom. The second kappa shape index (κ2) is 4.61. The Hall–Kier alpha value is -2.16. The van der Waals surface area contributed by atoms with Crippen molar-refractivity contribution in [3.8, 4) is 0 Å². The van der Waals surface area contributed by atoms with Gasteiger partial charge in [-0.25, -0.2) is 0 Å². The Labute approximate surface area is 105 Å². The Morgan fingerprint density at radius 1 is 1.17 bits per heavy atom. The third-order valence-corrected chi connectivity index (χ3v) is 3.05.